The third-order valence-corrected chi connectivity index (χ3v) is 5.77. The monoisotopic (exact) mass is 441 g/mol. The summed E-state index contributed by atoms with van der Waals surface area (Å²) in [5, 5.41) is 7.12. The number of methoxy groups -OCH3 is 3. The first kappa shape index (κ1) is 21.7. The molecular weight excluding hydrogens is 414 g/mol. The van der Waals surface area contributed by atoms with E-state index in [-0.39, 0.29) is 11.5 Å². The number of fused-ring (bicyclic) bond motifs is 2. The minimum atomic E-state index is -0.385. The fourth-order valence-corrected chi connectivity index (χ4v) is 4.24. The van der Waals surface area contributed by atoms with Gasteiger partial charge in [0.2, 0.25) is 5.75 Å². The molecule has 10 heteroatoms. The van der Waals surface area contributed by atoms with Crippen LogP contribution in [0.4, 0.5) is 5.69 Å². The molecule has 0 bridgehead atoms. The van der Waals surface area contributed by atoms with E-state index in [1.165, 1.54) is 32.0 Å². The normalized spacial score (nSPS) is 13.7. The van der Waals surface area contributed by atoms with Crippen molar-refractivity contribution in [1.29, 1.82) is 0 Å². The number of hydrogen-bond donors (Lipinski definition) is 1. The van der Waals surface area contributed by atoms with Crippen LogP contribution in [-0.4, -0.2) is 59.9 Å². The summed E-state index contributed by atoms with van der Waals surface area (Å²) in [5.74, 6) is 0.889. The first-order valence-corrected chi connectivity index (χ1v) is 10.4. The highest BCUT2D eigenvalue weighted by Crippen LogP contribution is 2.40. The fraction of sp³-hybridized carbons (Fsp3) is 0.409. The number of benzene rings is 1. The summed E-state index contributed by atoms with van der Waals surface area (Å²) in [4.78, 5) is 28.5. The molecule has 32 heavy (non-hydrogen) atoms. The Morgan fingerprint density at radius 3 is 2.44 bits per heavy atom. The lowest BCUT2D eigenvalue weighted by molar-refractivity contribution is 0.102. The number of carbonyl (C=O) groups excluding carboxylic acids is 1. The highest BCUT2D eigenvalue weighted by molar-refractivity contribution is 6.08. The molecule has 0 spiro atoms. The van der Waals surface area contributed by atoms with Crippen LogP contribution in [-0.2, 0) is 19.5 Å². The molecule has 4 rings (SSSR count). The predicted molar refractivity (Wildman–Crippen MR) is 119 cm³/mol. The zero-order chi connectivity index (χ0) is 23.0. The Hall–Kier alpha value is -3.53. The van der Waals surface area contributed by atoms with Crippen LogP contribution in [0.3, 0.4) is 0 Å². The van der Waals surface area contributed by atoms with Crippen molar-refractivity contribution in [2.45, 2.75) is 26.4 Å². The minimum Gasteiger partial charge on any atom is -0.493 e. The van der Waals surface area contributed by atoms with Gasteiger partial charge in [-0.1, -0.05) is 0 Å². The van der Waals surface area contributed by atoms with Crippen molar-refractivity contribution in [2.75, 3.05) is 40.2 Å². The van der Waals surface area contributed by atoms with Crippen LogP contribution in [0.2, 0.25) is 0 Å². The van der Waals surface area contributed by atoms with Gasteiger partial charge in [-0.15, -0.1) is 0 Å². The van der Waals surface area contributed by atoms with E-state index >= 15 is 0 Å². The number of amides is 1. The van der Waals surface area contributed by atoms with E-state index in [1.54, 1.807) is 12.1 Å². The second kappa shape index (κ2) is 8.54. The van der Waals surface area contributed by atoms with Crippen molar-refractivity contribution < 1.29 is 19.0 Å². The molecule has 3 heterocycles. The number of nitrogens with zero attached hydrogens (tertiary/aromatic N) is 4. The van der Waals surface area contributed by atoms with Crippen LogP contribution >= 0.6 is 0 Å². The number of nitrogens with one attached hydrogen (secondary N) is 1. The third kappa shape index (κ3) is 3.46. The van der Waals surface area contributed by atoms with E-state index < -0.39 is 0 Å². The lowest BCUT2D eigenvalue weighted by atomic mass is 10.1. The number of aromatic nitrogens is 3. The number of anilines is 1. The van der Waals surface area contributed by atoms with E-state index in [0.717, 1.165) is 24.2 Å². The summed E-state index contributed by atoms with van der Waals surface area (Å²) >= 11 is 0. The Labute approximate surface area is 185 Å². The van der Waals surface area contributed by atoms with Gasteiger partial charge in [-0.05, 0) is 14.0 Å². The molecule has 0 radical (unpaired) electrons. The summed E-state index contributed by atoms with van der Waals surface area (Å²) in [6, 6.07) is 3.30. The quantitative estimate of drug-likeness (QED) is 0.623. The van der Waals surface area contributed by atoms with Crippen LogP contribution in [0.1, 0.15) is 28.5 Å². The van der Waals surface area contributed by atoms with Crippen molar-refractivity contribution in [3.63, 3.8) is 0 Å². The molecular formula is C22H27N5O5. The SMILES string of the molecule is CCn1c2c(c(=O)n3ncc(C(=O)Nc4cc(OC)c(OC)c(OC)c4)c13)CN(C)CC2. The topological polar surface area (TPSA) is 99.3 Å². The number of likely N-dealkylation sites (N-methyl/N-ethyl adjacent to an activating group) is 1. The van der Waals surface area contributed by atoms with Gasteiger partial charge in [-0.2, -0.15) is 9.61 Å². The summed E-state index contributed by atoms with van der Waals surface area (Å²) in [7, 11) is 6.52. The van der Waals surface area contributed by atoms with E-state index in [1.807, 2.05) is 18.5 Å². The Morgan fingerprint density at radius 2 is 1.84 bits per heavy atom. The van der Waals surface area contributed by atoms with Crippen molar-refractivity contribution >= 4 is 17.2 Å². The molecule has 0 aliphatic carbocycles. The van der Waals surface area contributed by atoms with Gasteiger partial charge in [0.25, 0.3) is 11.5 Å². The summed E-state index contributed by atoms with van der Waals surface area (Å²) in [5.41, 5.74) is 2.79. The van der Waals surface area contributed by atoms with Gasteiger partial charge < -0.3 is 29.0 Å². The molecule has 1 N–H and O–H groups in total. The number of hydrogen-bond acceptors (Lipinski definition) is 7. The molecule has 1 amide bonds. The average molecular weight is 441 g/mol. The van der Waals surface area contributed by atoms with Crippen LogP contribution in [0, 0.1) is 0 Å². The minimum absolute atomic E-state index is 0.182. The molecule has 1 aliphatic heterocycles. The van der Waals surface area contributed by atoms with Gasteiger partial charge in [-0.3, -0.25) is 9.59 Å². The Balaban J connectivity index is 1.79. The average Bonchev–Trinajstić information content (AvgIpc) is 3.24. The van der Waals surface area contributed by atoms with E-state index in [0.29, 0.717) is 47.2 Å². The first-order valence-electron chi connectivity index (χ1n) is 10.4. The van der Waals surface area contributed by atoms with Gasteiger partial charge in [0.1, 0.15) is 5.56 Å². The van der Waals surface area contributed by atoms with E-state index in [9.17, 15) is 9.59 Å². The standard InChI is InChI=1S/C22H27N5O5/c1-6-26-16-7-8-25(2)12-15(16)22(29)27-21(26)14(11-23-27)20(28)24-13-9-17(30-3)19(32-5)18(10-13)31-4/h9-11H,6-8,12H2,1-5H3,(H,24,28). The van der Waals surface area contributed by atoms with Crippen LogP contribution < -0.4 is 25.1 Å². The largest absolute Gasteiger partial charge is 0.493 e. The smallest absolute Gasteiger partial charge is 0.279 e. The molecule has 0 saturated carbocycles. The highest BCUT2D eigenvalue weighted by atomic mass is 16.5. The molecule has 2 aromatic heterocycles. The number of rotatable bonds is 6. The molecule has 1 aliphatic rings. The maximum Gasteiger partial charge on any atom is 0.279 e. The third-order valence-electron chi connectivity index (χ3n) is 5.77. The number of ether oxygens (including phenoxy) is 3. The highest BCUT2D eigenvalue weighted by Gasteiger charge is 2.26. The van der Waals surface area contributed by atoms with E-state index in [4.69, 9.17) is 14.2 Å². The zero-order valence-corrected chi connectivity index (χ0v) is 18.9. The van der Waals surface area contributed by atoms with Gasteiger partial charge >= 0.3 is 0 Å². The van der Waals surface area contributed by atoms with Gasteiger partial charge in [0.15, 0.2) is 17.1 Å². The summed E-state index contributed by atoms with van der Waals surface area (Å²) in [6.45, 7) is 4.03. The second-order valence-electron chi connectivity index (χ2n) is 7.62. The molecule has 0 unspecified atom stereocenters. The Kier molecular flexibility index (Phi) is 5.79. The van der Waals surface area contributed by atoms with Crippen LogP contribution in [0.5, 0.6) is 17.2 Å². The summed E-state index contributed by atoms with van der Waals surface area (Å²) in [6.07, 6.45) is 2.18. The molecule has 1 aromatic carbocycles. The molecule has 170 valence electrons. The molecule has 0 saturated heterocycles. The Bertz CT molecular complexity index is 1220. The zero-order valence-electron chi connectivity index (χ0n) is 18.9. The molecule has 10 nitrogen and oxygen atoms in total. The van der Waals surface area contributed by atoms with Gasteiger partial charge in [0, 0.05) is 49.6 Å². The van der Waals surface area contributed by atoms with Crippen molar-refractivity contribution in [3.8, 4) is 17.2 Å². The lowest BCUT2D eigenvalue weighted by Gasteiger charge is -2.27. The Morgan fingerprint density at radius 1 is 1.16 bits per heavy atom. The van der Waals surface area contributed by atoms with E-state index in [2.05, 4.69) is 15.3 Å². The maximum atomic E-state index is 13.2. The molecule has 0 atom stereocenters. The summed E-state index contributed by atoms with van der Waals surface area (Å²) < 4.78 is 19.4. The van der Waals surface area contributed by atoms with Crippen molar-refractivity contribution in [1.82, 2.24) is 19.1 Å². The molecule has 0 fully saturated rings. The lowest BCUT2D eigenvalue weighted by Crippen LogP contribution is -2.37. The van der Waals surface area contributed by atoms with Crippen LogP contribution in [0.25, 0.3) is 5.65 Å². The molecule has 3 aromatic rings. The predicted octanol–water partition coefficient (Wildman–Crippen LogP) is 1.78. The van der Waals surface area contributed by atoms with Crippen LogP contribution in [0.15, 0.2) is 23.1 Å². The fourth-order valence-electron chi connectivity index (χ4n) is 4.24. The number of aryl methyl sites for hydroxylation is 1. The second-order valence-corrected chi connectivity index (χ2v) is 7.62. The van der Waals surface area contributed by atoms with Gasteiger partial charge in [-0.25, -0.2) is 0 Å². The van der Waals surface area contributed by atoms with Gasteiger partial charge in [0.05, 0.1) is 33.1 Å². The van der Waals surface area contributed by atoms with Crippen molar-refractivity contribution in [3.05, 3.63) is 45.5 Å². The first-order chi connectivity index (χ1) is 15.4. The maximum absolute atomic E-state index is 13.2. The number of carbonyl (C=O) groups is 1. The van der Waals surface area contributed by atoms with Crippen molar-refractivity contribution in [2.24, 2.45) is 0 Å².